The van der Waals surface area contributed by atoms with Crippen LogP contribution in [0.25, 0.3) is 0 Å². The first-order valence-corrected chi connectivity index (χ1v) is 7.61. The number of halogens is 1. The van der Waals surface area contributed by atoms with Crippen molar-refractivity contribution in [1.29, 1.82) is 0 Å². The summed E-state index contributed by atoms with van der Waals surface area (Å²) in [6.07, 6.45) is 4.76. The average molecular weight is 343 g/mol. The molecular formula is C15H22IN. The van der Waals surface area contributed by atoms with E-state index in [1.807, 2.05) is 0 Å². The van der Waals surface area contributed by atoms with E-state index in [1.165, 1.54) is 28.4 Å². The standard InChI is InChI=1S/C15H22IN/c1-11-7-8-15(17,12(2)9-11)10-13-3-5-14(16)6-4-13/h3-6,11-12H,7-10,17H2,1-2H3. The Balaban J connectivity index is 2.09. The van der Waals surface area contributed by atoms with Crippen LogP contribution in [0.3, 0.4) is 0 Å². The van der Waals surface area contributed by atoms with E-state index >= 15 is 0 Å². The second-order valence-electron chi connectivity index (χ2n) is 5.82. The third kappa shape index (κ3) is 3.22. The van der Waals surface area contributed by atoms with Crippen LogP contribution in [-0.2, 0) is 6.42 Å². The Bertz CT molecular complexity index is 373. The summed E-state index contributed by atoms with van der Waals surface area (Å²) >= 11 is 2.35. The maximum Gasteiger partial charge on any atom is 0.0221 e. The van der Waals surface area contributed by atoms with Gasteiger partial charge in [0.05, 0.1) is 0 Å². The minimum absolute atomic E-state index is 0.0132. The first-order valence-electron chi connectivity index (χ1n) is 6.53. The molecule has 2 heteroatoms. The molecule has 0 bridgehead atoms. The van der Waals surface area contributed by atoms with Gasteiger partial charge >= 0.3 is 0 Å². The van der Waals surface area contributed by atoms with Gasteiger partial charge in [-0.1, -0.05) is 26.0 Å². The molecule has 0 heterocycles. The van der Waals surface area contributed by atoms with Crippen LogP contribution < -0.4 is 5.73 Å². The van der Waals surface area contributed by atoms with Crippen LogP contribution in [0.4, 0.5) is 0 Å². The minimum Gasteiger partial charge on any atom is -0.325 e. The van der Waals surface area contributed by atoms with Crippen molar-refractivity contribution in [2.45, 2.75) is 45.1 Å². The second-order valence-corrected chi connectivity index (χ2v) is 7.06. The van der Waals surface area contributed by atoms with Crippen molar-refractivity contribution in [3.05, 3.63) is 33.4 Å². The molecule has 0 aromatic heterocycles. The largest absolute Gasteiger partial charge is 0.325 e. The van der Waals surface area contributed by atoms with E-state index in [1.54, 1.807) is 0 Å². The topological polar surface area (TPSA) is 26.0 Å². The fourth-order valence-corrected chi connectivity index (χ4v) is 3.32. The summed E-state index contributed by atoms with van der Waals surface area (Å²) in [5, 5.41) is 0. The smallest absolute Gasteiger partial charge is 0.0221 e. The Labute approximate surface area is 118 Å². The molecule has 0 amide bonds. The highest BCUT2D eigenvalue weighted by Crippen LogP contribution is 2.37. The summed E-state index contributed by atoms with van der Waals surface area (Å²) in [5.41, 5.74) is 8.03. The van der Waals surface area contributed by atoms with Crippen LogP contribution in [0.15, 0.2) is 24.3 Å². The van der Waals surface area contributed by atoms with Gasteiger partial charge in [-0.05, 0) is 77.8 Å². The van der Waals surface area contributed by atoms with Gasteiger partial charge in [-0.3, -0.25) is 0 Å². The van der Waals surface area contributed by atoms with Crippen LogP contribution in [-0.4, -0.2) is 5.54 Å². The van der Waals surface area contributed by atoms with E-state index in [9.17, 15) is 0 Å². The number of benzene rings is 1. The second kappa shape index (κ2) is 5.27. The Hall–Kier alpha value is -0.0900. The van der Waals surface area contributed by atoms with E-state index in [0.29, 0.717) is 5.92 Å². The van der Waals surface area contributed by atoms with Crippen molar-refractivity contribution < 1.29 is 0 Å². The van der Waals surface area contributed by atoms with Gasteiger partial charge in [0, 0.05) is 9.11 Å². The van der Waals surface area contributed by atoms with Crippen molar-refractivity contribution in [3.63, 3.8) is 0 Å². The molecule has 0 saturated heterocycles. The SMILES string of the molecule is CC1CCC(N)(Cc2ccc(I)cc2)C(C)C1. The third-order valence-electron chi connectivity index (χ3n) is 4.29. The first-order chi connectivity index (χ1) is 7.99. The van der Waals surface area contributed by atoms with E-state index in [0.717, 1.165) is 12.3 Å². The van der Waals surface area contributed by atoms with Crippen molar-refractivity contribution in [2.75, 3.05) is 0 Å². The molecule has 0 radical (unpaired) electrons. The molecular weight excluding hydrogens is 321 g/mol. The zero-order chi connectivity index (χ0) is 12.5. The lowest BCUT2D eigenvalue weighted by Crippen LogP contribution is -2.51. The molecule has 94 valence electrons. The van der Waals surface area contributed by atoms with Gasteiger partial charge in [-0.15, -0.1) is 0 Å². The van der Waals surface area contributed by atoms with Crippen molar-refractivity contribution in [3.8, 4) is 0 Å². The molecule has 1 nitrogen and oxygen atoms in total. The number of nitrogens with two attached hydrogens (primary N) is 1. The van der Waals surface area contributed by atoms with Gasteiger partial charge < -0.3 is 5.73 Å². The van der Waals surface area contributed by atoms with Crippen LogP contribution >= 0.6 is 22.6 Å². The summed E-state index contributed by atoms with van der Waals surface area (Å²) in [5.74, 6) is 1.48. The molecule has 2 N–H and O–H groups in total. The molecule has 1 aliphatic rings. The Morgan fingerprint density at radius 1 is 1.29 bits per heavy atom. The zero-order valence-corrected chi connectivity index (χ0v) is 12.9. The number of hydrogen-bond donors (Lipinski definition) is 1. The monoisotopic (exact) mass is 343 g/mol. The molecule has 2 rings (SSSR count). The maximum atomic E-state index is 6.63. The first kappa shape index (κ1) is 13.3. The molecule has 3 unspecified atom stereocenters. The lowest BCUT2D eigenvalue weighted by molar-refractivity contribution is 0.163. The van der Waals surface area contributed by atoms with Gasteiger partial charge in [-0.2, -0.15) is 0 Å². The fourth-order valence-electron chi connectivity index (χ4n) is 2.96. The quantitative estimate of drug-likeness (QED) is 0.808. The van der Waals surface area contributed by atoms with Crippen LogP contribution in [0, 0.1) is 15.4 Å². The van der Waals surface area contributed by atoms with E-state index in [4.69, 9.17) is 5.73 Å². The highest BCUT2D eigenvalue weighted by molar-refractivity contribution is 14.1. The summed E-state index contributed by atoms with van der Waals surface area (Å²) in [6, 6.07) is 8.80. The van der Waals surface area contributed by atoms with Gasteiger partial charge in [0.2, 0.25) is 0 Å². The summed E-state index contributed by atoms with van der Waals surface area (Å²) in [7, 11) is 0. The molecule has 1 aromatic rings. The Morgan fingerprint density at radius 3 is 2.53 bits per heavy atom. The van der Waals surface area contributed by atoms with E-state index in [2.05, 4.69) is 60.7 Å². The summed E-state index contributed by atoms with van der Waals surface area (Å²) in [6.45, 7) is 4.67. The van der Waals surface area contributed by atoms with Crippen LogP contribution in [0.2, 0.25) is 0 Å². The molecule has 1 saturated carbocycles. The molecule has 1 aromatic carbocycles. The van der Waals surface area contributed by atoms with Gasteiger partial charge in [0.25, 0.3) is 0 Å². The van der Waals surface area contributed by atoms with Gasteiger partial charge in [0.15, 0.2) is 0 Å². The highest BCUT2D eigenvalue weighted by atomic mass is 127. The molecule has 17 heavy (non-hydrogen) atoms. The summed E-state index contributed by atoms with van der Waals surface area (Å²) < 4.78 is 1.29. The third-order valence-corrected chi connectivity index (χ3v) is 5.01. The maximum absolute atomic E-state index is 6.63. The van der Waals surface area contributed by atoms with Crippen molar-refractivity contribution in [2.24, 2.45) is 17.6 Å². The van der Waals surface area contributed by atoms with E-state index in [-0.39, 0.29) is 5.54 Å². The normalized spacial score (nSPS) is 33.6. The summed E-state index contributed by atoms with van der Waals surface area (Å²) in [4.78, 5) is 0. The van der Waals surface area contributed by atoms with Crippen molar-refractivity contribution >= 4 is 22.6 Å². The van der Waals surface area contributed by atoms with Gasteiger partial charge in [0.1, 0.15) is 0 Å². The lowest BCUT2D eigenvalue weighted by atomic mass is 9.68. The van der Waals surface area contributed by atoms with Crippen molar-refractivity contribution in [1.82, 2.24) is 0 Å². The fraction of sp³-hybridized carbons (Fsp3) is 0.600. The number of hydrogen-bond acceptors (Lipinski definition) is 1. The minimum atomic E-state index is 0.0132. The number of rotatable bonds is 2. The average Bonchev–Trinajstić information content (AvgIpc) is 2.28. The predicted molar refractivity (Wildman–Crippen MR) is 82.0 cm³/mol. The molecule has 3 atom stereocenters. The predicted octanol–water partition coefficient (Wildman–Crippen LogP) is 3.99. The molecule has 0 aliphatic heterocycles. The Morgan fingerprint density at radius 2 is 1.94 bits per heavy atom. The molecule has 1 fully saturated rings. The van der Waals surface area contributed by atoms with E-state index < -0.39 is 0 Å². The molecule has 0 spiro atoms. The van der Waals surface area contributed by atoms with Gasteiger partial charge in [-0.25, -0.2) is 0 Å². The Kier molecular flexibility index (Phi) is 4.14. The molecule has 1 aliphatic carbocycles. The lowest BCUT2D eigenvalue weighted by Gasteiger charge is -2.42. The highest BCUT2D eigenvalue weighted by Gasteiger charge is 2.36. The van der Waals surface area contributed by atoms with Crippen LogP contribution in [0.1, 0.15) is 38.7 Å². The van der Waals surface area contributed by atoms with Crippen LogP contribution in [0.5, 0.6) is 0 Å². The zero-order valence-electron chi connectivity index (χ0n) is 10.7.